The average Bonchev–Trinajstić information content (AvgIpc) is 2.18. The van der Waals surface area contributed by atoms with Crippen LogP contribution in [-0.4, -0.2) is 37.2 Å². The molecule has 5 heteroatoms. The van der Waals surface area contributed by atoms with Crippen molar-refractivity contribution in [1.29, 1.82) is 0 Å². The Balaban J connectivity index is 0.00000225. The van der Waals surface area contributed by atoms with Crippen LogP contribution in [0.4, 0.5) is 0 Å². The molecule has 1 aliphatic heterocycles. The molecule has 1 rings (SSSR count). The number of amides is 1. The SMILES string of the molecule is CCCC(C)(C)NC(=O)C1CNCCO1.Cl. The van der Waals surface area contributed by atoms with Gasteiger partial charge in [0.05, 0.1) is 6.61 Å². The molecular weight excluding hydrogens is 228 g/mol. The number of hydrogen-bond acceptors (Lipinski definition) is 3. The van der Waals surface area contributed by atoms with Crippen molar-refractivity contribution in [2.24, 2.45) is 0 Å². The molecule has 0 radical (unpaired) electrons. The molecule has 1 heterocycles. The largest absolute Gasteiger partial charge is 0.366 e. The fourth-order valence-electron chi connectivity index (χ4n) is 1.84. The van der Waals surface area contributed by atoms with Crippen molar-refractivity contribution < 1.29 is 9.53 Å². The molecule has 0 aliphatic carbocycles. The molecule has 2 N–H and O–H groups in total. The number of halogens is 1. The van der Waals surface area contributed by atoms with Gasteiger partial charge in [-0.15, -0.1) is 12.4 Å². The highest BCUT2D eigenvalue weighted by Gasteiger charge is 2.26. The highest BCUT2D eigenvalue weighted by molar-refractivity contribution is 5.85. The summed E-state index contributed by atoms with van der Waals surface area (Å²) in [5.41, 5.74) is -0.132. The minimum Gasteiger partial charge on any atom is -0.366 e. The van der Waals surface area contributed by atoms with Gasteiger partial charge in [-0.2, -0.15) is 0 Å². The lowest BCUT2D eigenvalue weighted by Gasteiger charge is -2.30. The molecule has 0 bridgehead atoms. The molecule has 0 aromatic carbocycles. The van der Waals surface area contributed by atoms with Gasteiger partial charge in [0.2, 0.25) is 0 Å². The van der Waals surface area contributed by atoms with Crippen molar-refractivity contribution in [3.63, 3.8) is 0 Å². The van der Waals surface area contributed by atoms with E-state index in [4.69, 9.17) is 4.74 Å². The number of ether oxygens (including phenoxy) is 1. The Hall–Kier alpha value is -0.320. The molecule has 0 saturated carbocycles. The van der Waals surface area contributed by atoms with Crippen LogP contribution in [0.15, 0.2) is 0 Å². The Kier molecular flexibility index (Phi) is 6.95. The summed E-state index contributed by atoms with van der Waals surface area (Å²) in [4.78, 5) is 11.8. The highest BCUT2D eigenvalue weighted by Crippen LogP contribution is 2.11. The number of rotatable bonds is 4. The van der Waals surface area contributed by atoms with Crippen LogP contribution < -0.4 is 10.6 Å². The number of carbonyl (C=O) groups is 1. The zero-order valence-electron chi connectivity index (χ0n) is 10.3. The first-order valence-electron chi connectivity index (χ1n) is 5.69. The van der Waals surface area contributed by atoms with Gasteiger partial charge < -0.3 is 15.4 Å². The van der Waals surface area contributed by atoms with Gasteiger partial charge >= 0.3 is 0 Å². The van der Waals surface area contributed by atoms with Crippen molar-refractivity contribution in [3.05, 3.63) is 0 Å². The third-order valence-electron chi connectivity index (χ3n) is 2.56. The zero-order valence-corrected chi connectivity index (χ0v) is 11.2. The van der Waals surface area contributed by atoms with Gasteiger partial charge in [-0.1, -0.05) is 13.3 Å². The third-order valence-corrected chi connectivity index (χ3v) is 2.56. The fraction of sp³-hybridized carbons (Fsp3) is 0.909. The molecule has 1 atom stereocenters. The maximum absolute atomic E-state index is 11.8. The molecule has 1 aliphatic rings. The van der Waals surface area contributed by atoms with E-state index < -0.39 is 0 Å². The van der Waals surface area contributed by atoms with Crippen LogP contribution in [0, 0.1) is 0 Å². The first-order valence-corrected chi connectivity index (χ1v) is 5.69. The predicted molar refractivity (Wildman–Crippen MR) is 67.0 cm³/mol. The quantitative estimate of drug-likeness (QED) is 0.786. The van der Waals surface area contributed by atoms with E-state index in [1.807, 2.05) is 13.8 Å². The van der Waals surface area contributed by atoms with Gasteiger partial charge in [0.25, 0.3) is 5.91 Å². The number of hydrogen-bond donors (Lipinski definition) is 2. The first kappa shape index (κ1) is 15.7. The lowest BCUT2D eigenvalue weighted by molar-refractivity contribution is -0.136. The minimum atomic E-state index is -0.324. The van der Waals surface area contributed by atoms with E-state index in [0.29, 0.717) is 13.2 Å². The Morgan fingerprint density at radius 3 is 2.75 bits per heavy atom. The second-order valence-corrected chi connectivity index (χ2v) is 4.69. The fourth-order valence-corrected chi connectivity index (χ4v) is 1.84. The zero-order chi connectivity index (χ0) is 11.3. The average molecular weight is 251 g/mol. The lowest BCUT2D eigenvalue weighted by atomic mass is 9.98. The molecular formula is C11H23ClN2O2. The lowest BCUT2D eigenvalue weighted by Crippen LogP contribution is -2.53. The van der Waals surface area contributed by atoms with Crippen LogP contribution in [0.1, 0.15) is 33.6 Å². The van der Waals surface area contributed by atoms with Crippen molar-refractivity contribution >= 4 is 18.3 Å². The molecule has 0 aromatic heterocycles. The van der Waals surface area contributed by atoms with E-state index in [1.54, 1.807) is 0 Å². The molecule has 16 heavy (non-hydrogen) atoms. The van der Waals surface area contributed by atoms with Crippen molar-refractivity contribution in [1.82, 2.24) is 10.6 Å². The smallest absolute Gasteiger partial charge is 0.250 e. The van der Waals surface area contributed by atoms with Crippen LogP contribution in [0.25, 0.3) is 0 Å². The number of morpholine rings is 1. The molecule has 4 nitrogen and oxygen atoms in total. The van der Waals surface area contributed by atoms with E-state index in [-0.39, 0.29) is 30.0 Å². The van der Waals surface area contributed by atoms with E-state index in [9.17, 15) is 4.79 Å². The summed E-state index contributed by atoms with van der Waals surface area (Å²) >= 11 is 0. The Morgan fingerprint density at radius 1 is 1.56 bits per heavy atom. The van der Waals surface area contributed by atoms with Gasteiger partial charge in [-0.25, -0.2) is 0 Å². The normalized spacial score (nSPS) is 21.1. The molecule has 0 aromatic rings. The standard InChI is InChI=1S/C11H22N2O2.ClH/c1-4-5-11(2,3)13-10(14)9-8-12-6-7-15-9;/h9,12H,4-8H2,1-3H3,(H,13,14);1H. The van der Waals surface area contributed by atoms with Gasteiger partial charge in [0.15, 0.2) is 0 Å². The van der Waals surface area contributed by atoms with Crippen LogP contribution >= 0.6 is 12.4 Å². The molecule has 0 spiro atoms. The Labute approximate surface area is 104 Å². The Morgan fingerprint density at radius 2 is 2.25 bits per heavy atom. The molecule has 1 amide bonds. The van der Waals surface area contributed by atoms with E-state index in [2.05, 4.69) is 17.6 Å². The molecule has 1 saturated heterocycles. The molecule has 1 unspecified atom stereocenters. The summed E-state index contributed by atoms with van der Waals surface area (Å²) in [6.45, 7) is 8.28. The summed E-state index contributed by atoms with van der Waals surface area (Å²) in [5.74, 6) is 0.000602. The predicted octanol–water partition coefficient (Wildman–Crippen LogP) is 1.09. The minimum absolute atomic E-state index is 0. The molecule has 96 valence electrons. The summed E-state index contributed by atoms with van der Waals surface area (Å²) in [6.07, 6.45) is 1.73. The van der Waals surface area contributed by atoms with E-state index >= 15 is 0 Å². The van der Waals surface area contributed by atoms with Crippen LogP contribution in [0.3, 0.4) is 0 Å². The van der Waals surface area contributed by atoms with E-state index in [1.165, 1.54) is 0 Å². The topological polar surface area (TPSA) is 50.4 Å². The van der Waals surface area contributed by atoms with Gasteiger partial charge in [-0.05, 0) is 20.3 Å². The summed E-state index contributed by atoms with van der Waals surface area (Å²) in [7, 11) is 0. The van der Waals surface area contributed by atoms with Crippen LogP contribution in [0.5, 0.6) is 0 Å². The Bertz CT molecular complexity index is 216. The van der Waals surface area contributed by atoms with Crippen molar-refractivity contribution in [2.75, 3.05) is 19.7 Å². The summed E-state index contributed by atoms with van der Waals surface area (Å²) in [5, 5.41) is 6.17. The van der Waals surface area contributed by atoms with Crippen molar-refractivity contribution in [3.8, 4) is 0 Å². The van der Waals surface area contributed by atoms with Crippen LogP contribution in [-0.2, 0) is 9.53 Å². The second-order valence-electron chi connectivity index (χ2n) is 4.69. The summed E-state index contributed by atoms with van der Waals surface area (Å²) < 4.78 is 5.39. The van der Waals surface area contributed by atoms with Gasteiger partial charge in [0.1, 0.15) is 6.10 Å². The first-order chi connectivity index (χ1) is 7.05. The van der Waals surface area contributed by atoms with E-state index in [0.717, 1.165) is 19.4 Å². The second kappa shape index (κ2) is 7.09. The third kappa shape index (κ3) is 5.14. The van der Waals surface area contributed by atoms with Crippen LogP contribution in [0.2, 0.25) is 0 Å². The van der Waals surface area contributed by atoms with Gasteiger partial charge in [0, 0.05) is 18.6 Å². The number of nitrogens with one attached hydrogen (secondary N) is 2. The monoisotopic (exact) mass is 250 g/mol. The maximum atomic E-state index is 11.8. The highest BCUT2D eigenvalue weighted by atomic mass is 35.5. The number of carbonyl (C=O) groups excluding carboxylic acids is 1. The summed E-state index contributed by atoms with van der Waals surface area (Å²) in [6, 6.07) is 0. The van der Waals surface area contributed by atoms with Crippen molar-refractivity contribution in [2.45, 2.75) is 45.3 Å². The molecule has 1 fully saturated rings. The maximum Gasteiger partial charge on any atom is 0.250 e. The van der Waals surface area contributed by atoms with Gasteiger partial charge in [-0.3, -0.25) is 4.79 Å².